The van der Waals surface area contributed by atoms with E-state index in [-0.39, 0.29) is 5.91 Å². The summed E-state index contributed by atoms with van der Waals surface area (Å²) in [5.74, 6) is -0.208. The molecule has 1 radical (unpaired) electrons. The fourth-order valence-corrected chi connectivity index (χ4v) is 0.750. The number of rotatable bonds is 4. The van der Waals surface area contributed by atoms with Crippen LogP contribution in [0.5, 0.6) is 0 Å². The molecule has 61 valence electrons. The molecule has 2 atom stereocenters. The van der Waals surface area contributed by atoms with Gasteiger partial charge in [0.25, 0.3) is 5.91 Å². The number of ether oxygens (including phenoxy) is 1. The molecule has 0 aromatic carbocycles. The van der Waals surface area contributed by atoms with Crippen molar-refractivity contribution in [2.24, 2.45) is 0 Å². The highest BCUT2D eigenvalue weighted by atomic mass is 16.6. The van der Waals surface area contributed by atoms with E-state index < -0.39 is 12.2 Å². The molecule has 1 N–H and O–H groups in total. The Morgan fingerprint density at radius 1 is 1.73 bits per heavy atom. The minimum Gasteiger partial charge on any atom is -0.354 e. The standard InChI is InChI=1S/C7H10NO3/c1-2-3-8-7(10)6-5(4-9)11-6/h5-6H,2-3H2,1H3,(H,8,10)/t5-,6+/m1/s1. The topological polar surface area (TPSA) is 58.7 Å². The third-order valence-corrected chi connectivity index (χ3v) is 1.42. The molecule has 4 nitrogen and oxygen atoms in total. The summed E-state index contributed by atoms with van der Waals surface area (Å²) in [6, 6.07) is 0. The van der Waals surface area contributed by atoms with Crippen LogP contribution < -0.4 is 5.32 Å². The number of hydrogen-bond acceptors (Lipinski definition) is 3. The van der Waals surface area contributed by atoms with E-state index in [4.69, 9.17) is 0 Å². The Morgan fingerprint density at radius 3 is 2.91 bits per heavy atom. The Labute approximate surface area is 64.9 Å². The Balaban J connectivity index is 2.17. The van der Waals surface area contributed by atoms with Gasteiger partial charge in [-0.2, -0.15) is 0 Å². The third kappa shape index (κ3) is 2.01. The van der Waals surface area contributed by atoms with Crippen LogP contribution in [0.4, 0.5) is 0 Å². The first-order chi connectivity index (χ1) is 5.29. The van der Waals surface area contributed by atoms with E-state index in [9.17, 15) is 9.59 Å². The smallest absolute Gasteiger partial charge is 0.252 e. The second kappa shape index (κ2) is 3.48. The van der Waals surface area contributed by atoms with Crippen LogP contribution in [0.15, 0.2) is 0 Å². The lowest BCUT2D eigenvalue weighted by Gasteiger charge is -1.97. The molecule has 0 aliphatic carbocycles. The van der Waals surface area contributed by atoms with Crippen LogP contribution >= 0.6 is 0 Å². The molecule has 0 saturated carbocycles. The fourth-order valence-electron chi connectivity index (χ4n) is 0.750. The number of carbonyl (C=O) groups is 1. The van der Waals surface area contributed by atoms with Gasteiger partial charge < -0.3 is 10.1 Å². The van der Waals surface area contributed by atoms with Crippen LogP contribution in [0.3, 0.4) is 0 Å². The molecule has 1 aliphatic heterocycles. The summed E-state index contributed by atoms with van der Waals surface area (Å²) in [5.41, 5.74) is 0. The molecule has 0 aromatic rings. The normalized spacial score (nSPS) is 27.7. The zero-order valence-corrected chi connectivity index (χ0v) is 6.29. The highest BCUT2D eigenvalue weighted by Gasteiger charge is 2.45. The van der Waals surface area contributed by atoms with E-state index >= 15 is 0 Å². The summed E-state index contributed by atoms with van der Waals surface area (Å²) in [6.07, 6.45) is 1.31. The van der Waals surface area contributed by atoms with Gasteiger partial charge in [0.05, 0.1) is 0 Å². The maximum atomic E-state index is 10.9. The van der Waals surface area contributed by atoms with Gasteiger partial charge in [-0.25, -0.2) is 0 Å². The molecule has 1 fully saturated rings. The summed E-state index contributed by atoms with van der Waals surface area (Å²) < 4.78 is 4.69. The van der Waals surface area contributed by atoms with E-state index in [1.807, 2.05) is 6.92 Å². The van der Waals surface area contributed by atoms with E-state index in [0.29, 0.717) is 6.54 Å². The molecule has 0 aromatic heterocycles. The Kier molecular flexibility index (Phi) is 2.59. The minimum atomic E-state index is -0.619. The van der Waals surface area contributed by atoms with Crippen molar-refractivity contribution in [2.45, 2.75) is 25.6 Å². The lowest BCUT2D eigenvalue weighted by Crippen LogP contribution is -2.29. The molecule has 0 bridgehead atoms. The largest absolute Gasteiger partial charge is 0.354 e. The second-order valence-electron chi connectivity index (χ2n) is 2.39. The molecular formula is C7H10NO3. The molecular weight excluding hydrogens is 146 g/mol. The van der Waals surface area contributed by atoms with Crippen molar-refractivity contribution in [3.05, 3.63) is 0 Å². The van der Waals surface area contributed by atoms with Gasteiger partial charge in [0.1, 0.15) is 0 Å². The summed E-state index contributed by atoms with van der Waals surface area (Å²) in [4.78, 5) is 20.8. The second-order valence-corrected chi connectivity index (χ2v) is 2.39. The maximum Gasteiger partial charge on any atom is 0.252 e. The highest BCUT2D eigenvalue weighted by Crippen LogP contribution is 2.19. The Bertz CT molecular complexity index is 169. The number of epoxide rings is 1. The first-order valence-corrected chi connectivity index (χ1v) is 3.60. The number of hydrogen-bond donors (Lipinski definition) is 1. The van der Waals surface area contributed by atoms with Gasteiger partial charge in [-0.05, 0) is 6.42 Å². The summed E-state index contributed by atoms with van der Waals surface area (Å²) in [5, 5.41) is 2.62. The van der Waals surface area contributed by atoms with E-state index in [1.165, 1.54) is 0 Å². The molecule has 1 aliphatic rings. The zero-order valence-electron chi connectivity index (χ0n) is 6.29. The van der Waals surface area contributed by atoms with Crippen molar-refractivity contribution in [3.63, 3.8) is 0 Å². The molecule has 1 amide bonds. The van der Waals surface area contributed by atoms with Gasteiger partial charge in [0.15, 0.2) is 12.2 Å². The van der Waals surface area contributed by atoms with Crippen molar-refractivity contribution in [3.8, 4) is 0 Å². The average Bonchev–Trinajstić information content (AvgIpc) is 2.78. The lowest BCUT2D eigenvalue weighted by atomic mass is 10.3. The van der Waals surface area contributed by atoms with Gasteiger partial charge in [0, 0.05) is 6.54 Å². The van der Waals surface area contributed by atoms with Crippen LogP contribution in [0.2, 0.25) is 0 Å². The highest BCUT2D eigenvalue weighted by molar-refractivity contribution is 5.88. The summed E-state index contributed by atoms with van der Waals surface area (Å²) >= 11 is 0. The summed E-state index contributed by atoms with van der Waals surface area (Å²) in [6.45, 7) is 2.58. The van der Waals surface area contributed by atoms with Crippen molar-refractivity contribution >= 4 is 12.2 Å². The minimum absolute atomic E-state index is 0.208. The van der Waals surface area contributed by atoms with Crippen LogP contribution in [-0.4, -0.2) is 30.9 Å². The monoisotopic (exact) mass is 156 g/mol. The molecule has 4 heteroatoms. The number of carbonyl (C=O) groups excluding carboxylic acids is 2. The first kappa shape index (κ1) is 8.20. The quantitative estimate of drug-likeness (QED) is 0.552. The SMILES string of the molecule is CCCNC(=O)[C@H]1O[C@@H]1[C]=O. The van der Waals surface area contributed by atoms with E-state index in [2.05, 4.69) is 10.1 Å². The van der Waals surface area contributed by atoms with Gasteiger partial charge in [0.2, 0.25) is 6.29 Å². The third-order valence-electron chi connectivity index (χ3n) is 1.42. The Hall–Kier alpha value is -0.900. The van der Waals surface area contributed by atoms with Gasteiger partial charge in [-0.15, -0.1) is 0 Å². The zero-order chi connectivity index (χ0) is 8.27. The van der Waals surface area contributed by atoms with E-state index in [1.54, 1.807) is 6.29 Å². The van der Waals surface area contributed by atoms with Crippen LogP contribution in [0.25, 0.3) is 0 Å². The Morgan fingerprint density at radius 2 is 2.45 bits per heavy atom. The molecule has 0 spiro atoms. The van der Waals surface area contributed by atoms with Gasteiger partial charge in [-0.3, -0.25) is 9.59 Å². The molecule has 1 rings (SSSR count). The van der Waals surface area contributed by atoms with Crippen LogP contribution in [0, 0.1) is 0 Å². The van der Waals surface area contributed by atoms with Crippen molar-refractivity contribution in [1.82, 2.24) is 5.32 Å². The summed E-state index contributed by atoms with van der Waals surface area (Å²) in [7, 11) is 0. The average molecular weight is 156 g/mol. The predicted molar refractivity (Wildman–Crippen MR) is 37.7 cm³/mol. The molecule has 1 saturated heterocycles. The van der Waals surface area contributed by atoms with Crippen LogP contribution in [-0.2, 0) is 14.3 Å². The molecule has 0 unspecified atom stereocenters. The maximum absolute atomic E-state index is 10.9. The first-order valence-electron chi connectivity index (χ1n) is 3.60. The lowest BCUT2D eigenvalue weighted by molar-refractivity contribution is -0.122. The van der Waals surface area contributed by atoms with Crippen LogP contribution in [0.1, 0.15) is 13.3 Å². The molecule has 1 heterocycles. The number of amides is 1. The van der Waals surface area contributed by atoms with Gasteiger partial charge >= 0.3 is 0 Å². The van der Waals surface area contributed by atoms with E-state index in [0.717, 1.165) is 6.42 Å². The fraction of sp³-hybridized carbons (Fsp3) is 0.714. The van der Waals surface area contributed by atoms with Crippen molar-refractivity contribution < 1.29 is 14.3 Å². The van der Waals surface area contributed by atoms with Crippen molar-refractivity contribution in [2.75, 3.05) is 6.54 Å². The van der Waals surface area contributed by atoms with Crippen molar-refractivity contribution in [1.29, 1.82) is 0 Å². The predicted octanol–water partition coefficient (Wildman–Crippen LogP) is -0.610. The molecule has 11 heavy (non-hydrogen) atoms. The van der Waals surface area contributed by atoms with Gasteiger partial charge in [-0.1, -0.05) is 6.92 Å². The number of nitrogens with one attached hydrogen (secondary N) is 1.